The molecule has 1 aromatic heterocycles. The van der Waals surface area contributed by atoms with E-state index in [0.29, 0.717) is 0 Å². The van der Waals surface area contributed by atoms with Crippen molar-refractivity contribution in [1.29, 1.82) is 0 Å². The van der Waals surface area contributed by atoms with Crippen LogP contribution >= 0.6 is 0 Å². The fourth-order valence-electron chi connectivity index (χ4n) is 0.917. The van der Waals surface area contributed by atoms with E-state index in [4.69, 9.17) is 20.0 Å². The molecule has 1 rings (SSSR count). The van der Waals surface area contributed by atoms with Crippen LogP contribution in [-0.2, 0) is 33.2 Å². The number of nitrogens with zero attached hydrogens (tertiary/aromatic N) is 2. The summed E-state index contributed by atoms with van der Waals surface area (Å²) in [6, 6.07) is 0.0833. The molecule has 8 heteroatoms. The molecular weight excluding hydrogens is 376 g/mol. The Balaban J connectivity index is 0.000000336. The van der Waals surface area contributed by atoms with Gasteiger partial charge in [0.2, 0.25) is 0 Å². The van der Waals surface area contributed by atoms with Crippen LogP contribution in [0.3, 0.4) is 0 Å². The van der Waals surface area contributed by atoms with Crippen molar-refractivity contribution in [3.8, 4) is 0 Å². The molecule has 1 atom stereocenters. The van der Waals surface area contributed by atoms with Crippen LogP contribution in [0, 0.1) is 0 Å². The van der Waals surface area contributed by atoms with Crippen molar-refractivity contribution in [2.75, 3.05) is 0 Å². The summed E-state index contributed by atoms with van der Waals surface area (Å²) in [6.07, 6.45) is 4.61. The molecule has 88 valence electrons. The average Bonchev–Trinajstić information content (AvgIpc) is 2.47. The van der Waals surface area contributed by atoms with E-state index < -0.39 is 15.8 Å². The zero-order valence-electron chi connectivity index (χ0n) is 8.46. The summed E-state index contributed by atoms with van der Waals surface area (Å²) >= 11 is -5.86. The van der Waals surface area contributed by atoms with E-state index in [2.05, 4.69) is 11.9 Å². The maximum absolute atomic E-state index is 8.75. The first-order chi connectivity index (χ1) is 6.75. The predicted molar refractivity (Wildman–Crippen MR) is 44.7 cm³/mol. The van der Waals surface area contributed by atoms with Crippen molar-refractivity contribution in [3.05, 3.63) is 18.2 Å². The van der Waals surface area contributed by atoms with Gasteiger partial charge in [0, 0.05) is 19.4 Å². The van der Waals surface area contributed by atoms with Gasteiger partial charge in [-0.3, -0.25) is 0 Å². The second-order valence-electron chi connectivity index (χ2n) is 2.81. The summed E-state index contributed by atoms with van der Waals surface area (Å²) in [5.41, 5.74) is 5.76. The molecule has 3 N–H and O–H groups in total. The summed E-state index contributed by atoms with van der Waals surface area (Å²) in [4.78, 5) is 4.12. The van der Waals surface area contributed by atoms with Gasteiger partial charge < -0.3 is 10.3 Å². The molecule has 0 saturated heterocycles. The summed E-state index contributed by atoms with van der Waals surface area (Å²) in [5.74, 6) is 0.961. The Hall–Kier alpha value is -0.808. The number of imidazole rings is 1. The van der Waals surface area contributed by atoms with Gasteiger partial charge in [-0.25, -0.2) is 4.98 Å². The number of aryl methyl sites for hydroxylation is 1. The van der Waals surface area contributed by atoms with E-state index in [-0.39, 0.29) is 6.04 Å². The number of hydrogen-bond acceptors (Lipinski definition) is 5. The second kappa shape index (κ2) is 5.93. The summed E-state index contributed by atoms with van der Waals surface area (Å²) in [6.45, 7) is 2.05. The van der Waals surface area contributed by atoms with E-state index in [0.717, 1.165) is 12.2 Å². The predicted octanol–water partition coefficient (Wildman–Crippen LogP) is -0.0860. The molecule has 1 unspecified atom stereocenters. The Labute approximate surface area is 90.3 Å². The zero-order chi connectivity index (χ0) is 12.1. The molecule has 0 aromatic carbocycles. The Morgan fingerprint density at radius 3 is 2.33 bits per heavy atom. The van der Waals surface area contributed by atoms with Crippen LogP contribution in [0.25, 0.3) is 0 Å². The normalized spacial score (nSPS) is 12.8. The number of aromatic nitrogens is 2. The van der Waals surface area contributed by atoms with Crippen molar-refractivity contribution >= 4 is 0 Å². The van der Waals surface area contributed by atoms with Crippen LogP contribution in [0.15, 0.2) is 12.4 Å². The van der Waals surface area contributed by atoms with Crippen molar-refractivity contribution in [1.82, 2.24) is 9.55 Å². The first-order valence-electron chi connectivity index (χ1n) is 4.11. The van der Waals surface area contributed by atoms with Crippen molar-refractivity contribution < 1.29 is 30.0 Å². The Kier molecular flexibility index (Phi) is 5.61. The van der Waals surface area contributed by atoms with E-state index in [1.165, 1.54) is 0 Å². The van der Waals surface area contributed by atoms with E-state index in [9.17, 15) is 0 Å². The third-order valence-electron chi connectivity index (χ3n) is 1.63. The minimum atomic E-state index is -5.86. The quantitative estimate of drug-likeness (QED) is 0.730. The zero-order valence-corrected chi connectivity index (χ0v) is 11.2. The number of rotatable bonds is 2. The third kappa shape index (κ3) is 7.16. The number of hydrogen-bond donors (Lipinski definition) is 2. The van der Waals surface area contributed by atoms with E-state index in [1.54, 1.807) is 6.20 Å². The minimum absolute atomic E-state index is 0.0833. The van der Waals surface area contributed by atoms with Gasteiger partial charge in [0.1, 0.15) is 5.82 Å². The first kappa shape index (κ1) is 14.2. The van der Waals surface area contributed by atoms with Crippen LogP contribution in [0.5, 0.6) is 0 Å². The van der Waals surface area contributed by atoms with Gasteiger partial charge >= 0.3 is 30.0 Å². The summed E-state index contributed by atoms with van der Waals surface area (Å²) < 4.78 is 35.3. The van der Waals surface area contributed by atoms with E-state index in [1.807, 2.05) is 17.8 Å². The Morgan fingerprint density at radius 2 is 2.07 bits per heavy atom. The fourth-order valence-corrected chi connectivity index (χ4v) is 0.917. The van der Waals surface area contributed by atoms with Gasteiger partial charge in [0.25, 0.3) is 0 Å². The SMILES string of the molecule is CCC(N)c1nccn1C.[O]=[Re](=[O])(=[O])[OH]. The van der Waals surface area contributed by atoms with Gasteiger partial charge in [0.05, 0.1) is 6.04 Å². The number of nitrogens with two attached hydrogens (primary N) is 1. The molecule has 1 heterocycles. The Bertz CT molecular complexity index is 431. The summed E-state index contributed by atoms with van der Waals surface area (Å²) in [5, 5.41) is 0. The molecule has 1 aromatic rings. The van der Waals surface area contributed by atoms with Gasteiger partial charge in [-0.15, -0.1) is 0 Å². The topological polar surface area (TPSA) is 115 Å². The van der Waals surface area contributed by atoms with Gasteiger partial charge in [-0.1, -0.05) is 6.92 Å². The standard InChI is InChI=1S/C7H13N3.H2O.3O.Re/c1-3-6(8)7-9-4-5-10(7)2;;;;;/h4-6H,3,8H2,1-2H3;1H2;;;;/q;;;;;+1/p-1. The second-order valence-corrected chi connectivity index (χ2v) is 5.65. The fraction of sp³-hybridized carbons (Fsp3) is 0.571. The van der Waals surface area contributed by atoms with Gasteiger partial charge in [0.15, 0.2) is 0 Å². The maximum atomic E-state index is 8.75. The average molecular weight is 390 g/mol. The van der Waals surface area contributed by atoms with Crippen molar-refractivity contribution in [3.63, 3.8) is 0 Å². The molecule has 0 bridgehead atoms. The van der Waals surface area contributed by atoms with Crippen LogP contribution in [0.2, 0.25) is 0 Å². The Morgan fingerprint density at radius 1 is 1.60 bits per heavy atom. The molecule has 0 radical (unpaired) electrons. The molecule has 7 nitrogen and oxygen atoms in total. The molecule has 15 heavy (non-hydrogen) atoms. The molecule has 0 aliphatic rings. The summed E-state index contributed by atoms with van der Waals surface area (Å²) in [7, 11) is 1.96. The molecule has 0 fully saturated rings. The van der Waals surface area contributed by atoms with Crippen LogP contribution in [0.4, 0.5) is 0 Å². The van der Waals surface area contributed by atoms with E-state index >= 15 is 0 Å². The molecular formula is C7H14N3O4Re. The van der Waals surface area contributed by atoms with Crippen molar-refractivity contribution in [2.45, 2.75) is 19.4 Å². The van der Waals surface area contributed by atoms with Crippen molar-refractivity contribution in [2.24, 2.45) is 12.8 Å². The molecule has 0 spiro atoms. The molecule has 0 aliphatic heterocycles. The first-order valence-corrected chi connectivity index (χ1v) is 8.65. The monoisotopic (exact) mass is 391 g/mol. The van der Waals surface area contributed by atoms with Crippen LogP contribution < -0.4 is 5.73 Å². The third-order valence-corrected chi connectivity index (χ3v) is 1.63. The molecule has 0 aliphatic carbocycles. The van der Waals surface area contributed by atoms with Gasteiger partial charge in [-0.05, 0) is 6.42 Å². The van der Waals surface area contributed by atoms with Gasteiger partial charge in [-0.2, -0.15) is 0 Å². The molecule has 0 amide bonds. The molecule has 0 saturated carbocycles. The van der Waals surface area contributed by atoms with Crippen LogP contribution in [-0.4, -0.2) is 13.4 Å². The van der Waals surface area contributed by atoms with Crippen LogP contribution in [0.1, 0.15) is 25.2 Å².